The lowest BCUT2D eigenvalue weighted by atomic mass is 9.91. The number of alkyl halides is 3. The van der Waals surface area contributed by atoms with Gasteiger partial charge < -0.3 is 20.1 Å². The van der Waals surface area contributed by atoms with Gasteiger partial charge in [-0.1, -0.05) is 18.2 Å². The van der Waals surface area contributed by atoms with E-state index >= 15 is 0 Å². The van der Waals surface area contributed by atoms with E-state index in [4.69, 9.17) is 9.47 Å². The number of methoxy groups -OCH3 is 1. The van der Waals surface area contributed by atoms with Crippen LogP contribution < -0.4 is 15.4 Å². The van der Waals surface area contributed by atoms with Crippen molar-refractivity contribution < 1.29 is 27.4 Å². The normalized spacial score (nSPS) is 17.3. The highest BCUT2D eigenvalue weighted by molar-refractivity contribution is 5.85. The Labute approximate surface area is 138 Å². The van der Waals surface area contributed by atoms with E-state index in [2.05, 4.69) is 10.6 Å². The molecule has 0 atom stereocenters. The summed E-state index contributed by atoms with van der Waals surface area (Å²) in [4.78, 5) is 12.5. The highest BCUT2D eigenvalue weighted by atomic mass is 19.4. The van der Waals surface area contributed by atoms with Crippen LogP contribution in [0.15, 0.2) is 24.3 Å². The first-order valence-electron chi connectivity index (χ1n) is 7.68. The molecule has 1 aromatic rings. The van der Waals surface area contributed by atoms with Gasteiger partial charge in [0.15, 0.2) is 6.61 Å². The van der Waals surface area contributed by atoms with Crippen molar-refractivity contribution in [3.05, 3.63) is 29.8 Å². The summed E-state index contributed by atoms with van der Waals surface area (Å²) in [7, 11) is 1.49. The van der Waals surface area contributed by atoms with Crippen LogP contribution in [0.5, 0.6) is 5.75 Å². The molecule has 1 aliphatic heterocycles. The number of hydrogen-bond donors (Lipinski definition) is 2. The van der Waals surface area contributed by atoms with E-state index in [-0.39, 0.29) is 18.2 Å². The predicted molar refractivity (Wildman–Crippen MR) is 81.7 cm³/mol. The van der Waals surface area contributed by atoms with Crippen LogP contribution in [0.4, 0.5) is 13.2 Å². The summed E-state index contributed by atoms with van der Waals surface area (Å²) < 4.78 is 47.2. The number of carbonyl (C=O) groups excluding carboxylic acids is 1. The van der Waals surface area contributed by atoms with Crippen LogP contribution in [-0.2, 0) is 16.1 Å². The van der Waals surface area contributed by atoms with Crippen LogP contribution >= 0.6 is 0 Å². The average molecular weight is 346 g/mol. The Hall–Kier alpha value is -1.80. The van der Waals surface area contributed by atoms with Crippen molar-refractivity contribution in [3.63, 3.8) is 0 Å². The number of ether oxygens (including phenoxy) is 2. The first-order chi connectivity index (χ1) is 11.4. The first-order valence-corrected chi connectivity index (χ1v) is 7.68. The summed E-state index contributed by atoms with van der Waals surface area (Å²) >= 11 is 0. The standard InChI is InChI=1S/C16H21F3N2O3/c1-23-15(6-8-20-9-7-15)14(22)21-10-12-4-2-3-5-13(12)24-11-16(17,18)19/h2-5,20H,6-11H2,1H3,(H,21,22). The molecule has 2 N–H and O–H groups in total. The minimum atomic E-state index is -4.41. The highest BCUT2D eigenvalue weighted by Gasteiger charge is 2.39. The molecule has 0 aromatic heterocycles. The lowest BCUT2D eigenvalue weighted by Crippen LogP contribution is -2.53. The van der Waals surface area contributed by atoms with Gasteiger partial charge in [0.05, 0.1) is 0 Å². The third-order valence-corrected chi connectivity index (χ3v) is 4.02. The Morgan fingerprint density at radius 1 is 1.29 bits per heavy atom. The van der Waals surface area contributed by atoms with Crippen LogP contribution in [0.1, 0.15) is 18.4 Å². The van der Waals surface area contributed by atoms with Crippen LogP contribution in [0.2, 0.25) is 0 Å². The molecule has 1 aliphatic rings. The Balaban J connectivity index is 1.99. The molecule has 0 spiro atoms. The van der Waals surface area contributed by atoms with Crippen molar-refractivity contribution in [1.82, 2.24) is 10.6 Å². The number of nitrogens with one attached hydrogen (secondary N) is 2. The van der Waals surface area contributed by atoms with E-state index in [0.717, 1.165) is 0 Å². The maximum atomic E-state index is 12.5. The number of rotatable bonds is 6. The highest BCUT2D eigenvalue weighted by Crippen LogP contribution is 2.24. The average Bonchev–Trinajstić information content (AvgIpc) is 2.58. The number of hydrogen-bond acceptors (Lipinski definition) is 4. The quantitative estimate of drug-likeness (QED) is 0.827. The van der Waals surface area contributed by atoms with E-state index in [1.165, 1.54) is 13.2 Å². The van der Waals surface area contributed by atoms with Gasteiger partial charge in [-0.15, -0.1) is 0 Å². The summed E-state index contributed by atoms with van der Waals surface area (Å²) in [6.07, 6.45) is -3.32. The van der Waals surface area contributed by atoms with Crippen LogP contribution in [0.3, 0.4) is 0 Å². The van der Waals surface area contributed by atoms with Crippen molar-refractivity contribution in [1.29, 1.82) is 0 Å². The van der Waals surface area contributed by atoms with Gasteiger partial charge in [0.2, 0.25) is 0 Å². The fourth-order valence-corrected chi connectivity index (χ4v) is 2.64. The Morgan fingerprint density at radius 3 is 2.58 bits per heavy atom. The Morgan fingerprint density at radius 2 is 1.96 bits per heavy atom. The number of amides is 1. The maximum Gasteiger partial charge on any atom is 0.422 e. The van der Waals surface area contributed by atoms with E-state index in [9.17, 15) is 18.0 Å². The fraction of sp³-hybridized carbons (Fsp3) is 0.562. The van der Waals surface area contributed by atoms with Gasteiger partial charge in [-0.25, -0.2) is 0 Å². The van der Waals surface area contributed by atoms with E-state index in [0.29, 0.717) is 31.5 Å². The zero-order valence-corrected chi connectivity index (χ0v) is 13.4. The molecule has 1 amide bonds. The second-order valence-corrected chi connectivity index (χ2v) is 5.64. The molecular formula is C16H21F3N2O3. The number of halogens is 3. The van der Waals surface area contributed by atoms with E-state index < -0.39 is 18.4 Å². The van der Waals surface area contributed by atoms with E-state index in [1.54, 1.807) is 18.2 Å². The summed E-state index contributed by atoms with van der Waals surface area (Å²) in [5, 5.41) is 5.90. The van der Waals surface area contributed by atoms with Gasteiger partial charge in [-0.05, 0) is 32.0 Å². The van der Waals surface area contributed by atoms with Gasteiger partial charge >= 0.3 is 6.18 Å². The third kappa shape index (κ3) is 4.85. The Bertz CT molecular complexity index is 558. The Kier molecular flexibility index (Phi) is 6.06. The van der Waals surface area contributed by atoms with Crippen LogP contribution in [0, 0.1) is 0 Å². The molecule has 5 nitrogen and oxygen atoms in total. The summed E-state index contributed by atoms with van der Waals surface area (Å²) in [5.74, 6) is -0.163. The fourth-order valence-electron chi connectivity index (χ4n) is 2.64. The largest absolute Gasteiger partial charge is 0.484 e. The molecule has 0 bridgehead atoms. The lowest BCUT2D eigenvalue weighted by Gasteiger charge is -2.34. The molecule has 8 heteroatoms. The van der Waals surface area contributed by atoms with Gasteiger partial charge in [0.25, 0.3) is 5.91 Å². The summed E-state index contributed by atoms with van der Waals surface area (Å²) in [5.41, 5.74) is -0.414. The lowest BCUT2D eigenvalue weighted by molar-refractivity contribution is -0.153. The monoisotopic (exact) mass is 346 g/mol. The topological polar surface area (TPSA) is 59.6 Å². The molecular weight excluding hydrogens is 325 g/mol. The van der Waals surface area contributed by atoms with Crippen LogP contribution in [-0.4, -0.2) is 44.5 Å². The zero-order valence-electron chi connectivity index (χ0n) is 13.4. The molecule has 1 heterocycles. The van der Waals surface area contributed by atoms with Crippen molar-refractivity contribution >= 4 is 5.91 Å². The van der Waals surface area contributed by atoms with Crippen molar-refractivity contribution in [2.75, 3.05) is 26.8 Å². The van der Waals surface area contributed by atoms with Crippen molar-refractivity contribution in [2.45, 2.75) is 31.2 Å². The molecule has 134 valence electrons. The van der Waals surface area contributed by atoms with Gasteiger partial charge in [-0.2, -0.15) is 13.2 Å². The van der Waals surface area contributed by atoms with Crippen LogP contribution in [0.25, 0.3) is 0 Å². The summed E-state index contributed by atoms with van der Waals surface area (Å²) in [6, 6.07) is 6.33. The van der Waals surface area contributed by atoms with Crippen molar-refractivity contribution in [2.24, 2.45) is 0 Å². The second-order valence-electron chi connectivity index (χ2n) is 5.64. The second kappa shape index (κ2) is 7.85. The number of para-hydroxylation sites is 1. The van der Waals surface area contributed by atoms with Gasteiger partial charge in [0, 0.05) is 19.2 Å². The minimum Gasteiger partial charge on any atom is -0.484 e. The van der Waals surface area contributed by atoms with Gasteiger partial charge in [-0.3, -0.25) is 4.79 Å². The smallest absolute Gasteiger partial charge is 0.422 e. The maximum absolute atomic E-state index is 12.5. The number of carbonyl (C=O) groups is 1. The predicted octanol–water partition coefficient (Wildman–Crippen LogP) is 2.01. The first kappa shape index (κ1) is 18.5. The number of piperidine rings is 1. The van der Waals surface area contributed by atoms with Crippen molar-refractivity contribution in [3.8, 4) is 5.75 Å². The SMILES string of the molecule is COC1(C(=O)NCc2ccccc2OCC(F)(F)F)CCNCC1. The van der Waals surface area contributed by atoms with E-state index in [1.807, 2.05) is 0 Å². The van der Waals surface area contributed by atoms with Gasteiger partial charge in [0.1, 0.15) is 11.4 Å². The molecule has 2 rings (SSSR count). The molecule has 0 unspecified atom stereocenters. The molecule has 1 saturated heterocycles. The third-order valence-electron chi connectivity index (χ3n) is 4.02. The summed E-state index contributed by atoms with van der Waals surface area (Å²) in [6.45, 7) is 0.0517. The molecule has 0 aliphatic carbocycles. The molecule has 24 heavy (non-hydrogen) atoms. The molecule has 1 fully saturated rings. The molecule has 1 aromatic carbocycles. The minimum absolute atomic E-state index is 0.0748. The number of benzene rings is 1. The molecule has 0 saturated carbocycles. The zero-order chi connectivity index (χ0) is 17.6. The molecule has 0 radical (unpaired) electrons.